The second-order valence-electron chi connectivity index (χ2n) is 9.28. The van der Waals surface area contributed by atoms with Gasteiger partial charge in [0.05, 0.1) is 25.6 Å². The summed E-state index contributed by atoms with van der Waals surface area (Å²) >= 11 is 0. The highest BCUT2D eigenvalue weighted by atomic mass is 32.2. The molecule has 1 aromatic carbocycles. The zero-order chi connectivity index (χ0) is 31.0. The van der Waals surface area contributed by atoms with Gasteiger partial charge in [0.1, 0.15) is 17.2 Å². The van der Waals surface area contributed by atoms with Crippen LogP contribution in [-0.4, -0.2) is 49.9 Å². The molecule has 0 aliphatic rings. The Labute approximate surface area is 243 Å². The highest BCUT2D eigenvalue weighted by molar-refractivity contribution is 7.92. The Hall–Kier alpha value is -3.26. The number of hydrogen-bond acceptors (Lipinski definition) is 10. The molecule has 0 spiro atoms. The number of anilines is 4. The maximum absolute atomic E-state index is 13.7. The van der Waals surface area contributed by atoms with Crippen molar-refractivity contribution in [2.24, 2.45) is 0 Å². The number of sulfonamides is 1. The molecule has 3 aromatic rings. The van der Waals surface area contributed by atoms with Gasteiger partial charge in [-0.2, -0.15) is 18.2 Å². The van der Waals surface area contributed by atoms with Crippen molar-refractivity contribution in [1.82, 2.24) is 15.0 Å². The molecule has 0 fully saturated rings. The molecule has 42 heavy (non-hydrogen) atoms. The summed E-state index contributed by atoms with van der Waals surface area (Å²) in [7, 11) is -5.69. The number of aromatic nitrogens is 3. The second-order valence-corrected chi connectivity index (χ2v) is 13.3. The highest BCUT2D eigenvalue weighted by Crippen LogP contribution is 2.51. The largest absolute Gasteiger partial charge is 0.421 e. The van der Waals surface area contributed by atoms with Crippen LogP contribution in [0.4, 0.5) is 36.4 Å². The maximum atomic E-state index is 13.7. The Morgan fingerprint density at radius 1 is 1.02 bits per heavy atom. The van der Waals surface area contributed by atoms with Crippen LogP contribution in [0.1, 0.15) is 43.4 Å². The van der Waals surface area contributed by atoms with Gasteiger partial charge in [-0.05, 0) is 36.6 Å². The normalized spacial score (nSPS) is 12.3. The first-order chi connectivity index (χ1) is 19.8. The molecular weight excluding hydrogens is 596 g/mol. The summed E-state index contributed by atoms with van der Waals surface area (Å²) in [5.41, 5.74) is 0.413. The fraction of sp³-hybridized carbons (Fsp3) is 0.423. The number of nitrogens with zero attached hydrogens (tertiary/aromatic N) is 4. The number of benzene rings is 1. The molecule has 0 saturated heterocycles. The van der Waals surface area contributed by atoms with Crippen molar-refractivity contribution in [3.8, 4) is 0 Å². The predicted octanol–water partition coefficient (Wildman–Crippen LogP) is 6.19. The lowest BCUT2D eigenvalue weighted by Gasteiger charge is -2.20. The van der Waals surface area contributed by atoms with E-state index in [9.17, 15) is 26.2 Å². The monoisotopic (exact) mass is 630 g/mol. The Kier molecular flexibility index (Phi) is 11.3. The first kappa shape index (κ1) is 33.2. The molecule has 2 heterocycles. The van der Waals surface area contributed by atoms with Crippen LogP contribution in [0, 0.1) is 0 Å². The van der Waals surface area contributed by atoms with E-state index in [1.165, 1.54) is 13.2 Å². The van der Waals surface area contributed by atoms with Crippen LogP contribution in [0.3, 0.4) is 0 Å². The van der Waals surface area contributed by atoms with E-state index >= 15 is 0 Å². The fourth-order valence-corrected chi connectivity index (χ4v) is 5.92. The highest BCUT2D eigenvalue weighted by Gasteiger charge is 2.35. The van der Waals surface area contributed by atoms with Crippen LogP contribution < -0.4 is 14.9 Å². The van der Waals surface area contributed by atoms with E-state index in [0.29, 0.717) is 49.1 Å². The first-order valence-electron chi connectivity index (χ1n) is 13.1. The first-order valence-corrected chi connectivity index (χ1v) is 16.6. The van der Waals surface area contributed by atoms with Crippen molar-refractivity contribution in [3.05, 3.63) is 65.5 Å². The van der Waals surface area contributed by atoms with E-state index in [1.807, 2.05) is 13.8 Å². The summed E-state index contributed by atoms with van der Waals surface area (Å²) in [5, 5.41) is 5.51. The summed E-state index contributed by atoms with van der Waals surface area (Å²) < 4.78 is 90.3. The minimum Gasteiger partial charge on any atom is -0.365 e. The van der Waals surface area contributed by atoms with Crippen LogP contribution in [0.2, 0.25) is 0 Å². The summed E-state index contributed by atoms with van der Waals surface area (Å²) in [6.07, 6.45) is -0.268. The quantitative estimate of drug-likeness (QED) is 0.187. The van der Waals surface area contributed by atoms with Gasteiger partial charge in [-0.15, -0.1) is 0 Å². The molecule has 3 rings (SSSR count). The van der Waals surface area contributed by atoms with Crippen molar-refractivity contribution in [3.63, 3.8) is 0 Å². The van der Waals surface area contributed by atoms with Crippen molar-refractivity contribution < 1.29 is 35.2 Å². The summed E-state index contributed by atoms with van der Waals surface area (Å²) in [6, 6.07) is 9.79. The molecule has 0 saturated carbocycles. The van der Waals surface area contributed by atoms with Crippen LogP contribution >= 0.6 is 7.60 Å². The van der Waals surface area contributed by atoms with Crippen molar-refractivity contribution in [2.45, 2.75) is 45.6 Å². The van der Waals surface area contributed by atoms with E-state index in [1.54, 1.807) is 36.4 Å². The lowest BCUT2D eigenvalue weighted by atomic mass is 10.2. The minimum absolute atomic E-state index is 0.0679. The van der Waals surface area contributed by atoms with Gasteiger partial charge >= 0.3 is 13.8 Å². The average Bonchev–Trinajstić information content (AvgIpc) is 2.94. The van der Waals surface area contributed by atoms with Gasteiger partial charge in [-0.1, -0.05) is 32.0 Å². The number of hydrogen-bond donors (Lipinski definition) is 2. The predicted molar refractivity (Wildman–Crippen MR) is 155 cm³/mol. The molecule has 0 aliphatic carbocycles. The minimum atomic E-state index is -4.75. The number of alkyl halides is 3. The van der Waals surface area contributed by atoms with Crippen LogP contribution in [0.15, 0.2) is 48.8 Å². The van der Waals surface area contributed by atoms with E-state index in [4.69, 9.17) is 9.05 Å². The van der Waals surface area contributed by atoms with Crippen molar-refractivity contribution in [1.29, 1.82) is 0 Å². The molecule has 230 valence electrons. The van der Waals surface area contributed by atoms with Crippen molar-refractivity contribution >= 4 is 40.9 Å². The topological polar surface area (TPSA) is 136 Å². The lowest BCUT2D eigenvalue weighted by Crippen LogP contribution is -2.27. The van der Waals surface area contributed by atoms with Gasteiger partial charge in [-0.3, -0.25) is 8.87 Å². The zero-order valence-electron chi connectivity index (χ0n) is 23.7. The maximum Gasteiger partial charge on any atom is 0.421 e. The molecule has 11 nitrogen and oxygen atoms in total. The Morgan fingerprint density at radius 3 is 2.24 bits per heavy atom. The lowest BCUT2D eigenvalue weighted by molar-refractivity contribution is -0.137. The molecule has 0 radical (unpaired) electrons. The molecule has 0 unspecified atom stereocenters. The van der Waals surface area contributed by atoms with Gasteiger partial charge in [0.25, 0.3) is 0 Å². The van der Waals surface area contributed by atoms with Gasteiger partial charge in [0.15, 0.2) is 0 Å². The number of pyridine rings is 1. The molecule has 0 bridgehead atoms. The van der Waals surface area contributed by atoms with Crippen LogP contribution in [-0.2, 0) is 42.5 Å². The van der Waals surface area contributed by atoms with Crippen LogP contribution in [0.5, 0.6) is 0 Å². The Morgan fingerprint density at radius 2 is 1.67 bits per heavy atom. The number of rotatable bonds is 15. The molecule has 2 aromatic heterocycles. The Balaban J connectivity index is 1.80. The standard InChI is InChI=1S/C26H34F3N6O5PS/c1-5-14-39-41(36,40-15-6-2)18-19-9-11-21(12-10-19)33-25-32-17-22(26(27,28)29)23(34-25)31-16-20-8-7-13-30-24(20)35(3)42(4,37)38/h7-13,17H,5-6,14-16,18H2,1-4H3,(H2,31,32,33,34). The number of halogens is 3. The van der Waals surface area contributed by atoms with Gasteiger partial charge in [0, 0.05) is 37.2 Å². The third kappa shape index (κ3) is 9.38. The van der Waals surface area contributed by atoms with E-state index in [0.717, 1.165) is 10.6 Å². The Bertz CT molecular complexity index is 1480. The van der Waals surface area contributed by atoms with Crippen molar-refractivity contribution in [2.75, 3.05) is 41.5 Å². The zero-order valence-corrected chi connectivity index (χ0v) is 25.4. The van der Waals surface area contributed by atoms with E-state index in [-0.39, 0.29) is 24.5 Å². The average molecular weight is 631 g/mol. The summed E-state index contributed by atoms with van der Waals surface area (Å²) in [5.74, 6) is -0.546. The van der Waals surface area contributed by atoms with Gasteiger partial charge in [-0.25, -0.2) is 18.4 Å². The molecule has 16 heteroatoms. The summed E-state index contributed by atoms with van der Waals surface area (Å²) in [6.45, 7) is 4.22. The molecule has 0 aliphatic heterocycles. The third-order valence-electron chi connectivity index (χ3n) is 5.77. The van der Waals surface area contributed by atoms with Crippen LogP contribution in [0.25, 0.3) is 0 Å². The molecule has 0 atom stereocenters. The summed E-state index contributed by atoms with van der Waals surface area (Å²) in [4.78, 5) is 11.9. The second kappa shape index (κ2) is 14.3. The van der Waals surface area contributed by atoms with Gasteiger partial charge < -0.3 is 19.7 Å². The molecule has 2 N–H and O–H groups in total. The SMILES string of the molecule is CCCOP(=O)(Cc1ccc(Nc2ncc(C(F)(F)F)c(NCc3cccnc3N(C)S(C)(=O)=O)n2)cc1)OCCC. The molecule has 0 amide bonds. The van der Waals surface area contributed by atoms with E-state index < -0.39 is 35.2 Å². The smallest absolute Gasteiger partial charge is 0.365 e. The molecular formula is C26H34F3N6O5PS. The van der Waals surface area contributed by atoms with E-state index in [2.05, 4.69) is 25.6 Å². The van der Waals surface area contributed by atoms with Gasteiger partial charge in [0.2, 0.25) is 16.0 Å². The fourth-order valence-electron chi connectivity index (χ4n) is 3.61. The number of nitrogens with one attached hydrogen (secondary N) is 2. The third-order valence-corrected chi connectivity index (χ3v) is 8.85.